The van der Waals surface area contributed by atoms with Crippen LogP contribution in [-0.2, 0) is 74.9 Å². The highest BCUT2D eigenvalue weighted by Gasteiger charge is 2.44. The Balaban J connectivity index is 6.79. The molecule has 129 heavy (non-hydrogen) atoms. The standard InChI is InChI=1S/C106H204N2O17Si4/c1-26-30-34-38-42-46-64-80-116-96(109)74-58-50-54-70-92(122-126(18,19)102(5,6)7)88-107(89-93(123-127(20,21)103(8,9)10)71-55-51-59-75-97(110)117-81-65-47-43-39-35-31-27-2)78-62-68-84-120-100(113)86-106(17,115)87-101(114)121-85-69-63-79-108(90-94(124-128(22,23)104(11,12)13)72-56-52-60-76-98(111)118-82-66-48-44-40-36-32-28-3)91-95(125-129(24,25)105(14,15)16)73-57-53-61-77-99(112)119-83-67-49-45-41-37-33-29-4/h46-49,64-67,92-95,115H,26-45,50-63,68-91H2,1-25H3/b64-46-,65-47-,66-48-,67-49-. The first kappa shape index (κ1) is 125. The lowest BCUT2D eigenvalue weighted by Crippen LogP contribution is -2.50. The molecule has 0 aromatic rings. The fraction of sp³-hybridized carbons (Fsp3) is 0.868. The van der Waals surface area contributed by atoms with Gasteiger partial charge in [0.25, 0.3) is 0 Å². The van der Waals surface area contributed by atoms with Crippen LogP contribution in [0.2, 0.25) is 72.5 Å². The molecule has 0 saturated carbocycles. The normalized spacial score (nSPS) is 14.5. The first-order chi connectivity index (χ1) is 60.7. The van der Waals surface area contributed by atoms with Crippen molar-refractivity contribution in [2.75, 3.05) is 78.9 Å². The molecule has 0 rings (SSSR count). The highest BCUT2D eigenvalue weighted by Crippen LogP contribution is 2.42. The minimum atomic E-state index is -2.28. The molecule has 0 amide bonds. The summed E-state index contributed by atoms with van der Waals surface area (Å²) < 4.78 is 63.6. The Morgan fingerprint density at radius 3 is 0.698 bits per heavy atom. The maximum absolute atomic E-state index is 13.7. The molecule has 0 radical (unpaired) electrons. The van der Waals surface area contributed by atoms with Gasteiger partial charge < -0.3 is 51.2 Å². The zero-order valence-electron chi connectivity index (χ0n) is 88.3. The van der Waals surface area contributed by atoms with Crippen LogP contribution in [0.5, 0.6) is 0 Å². The Morgan fingerprint density at radius 1 is 0.271 bits per heavy atom. The van der Waals surface area contributed by atoms with Crippen LogP contribution in [0.15, 0.2) is 48.6 Å². The number of unbranched alkanes of at least 4 members (excludes halogenated alkanes) is 26. The summed E-state index contributed by atoms with van der Waals surface area (Å²) in [6.45, 7) is 61.9. The van der Waals surface area contributed by atoms with E-state index in [-0.39, 0.29) is 94.5 Å². The lowest BCUT2D eigenvalue weighted by atomic mass is 9.98. The van der Waals surface area contributed by atoms with E-state index < -0.39 is 50.8 Å². The average Bonchev–Trinajstić information content (AvgIpc) is 0.831. The number of carbonyl (C=O) groups excluding carboxylic acids is 6. The molecule has 0 aromatic carbocycles. The number of hydrogen-bond donors (Lipinski definition) is 1. The van der Waals surface area contributed by atoms with Crippen molar-refractivity contribution in [3.8, 4) is 0 Å². The molecule has 0 spiro atoms. The van der Waals surface area contributed by atoms with E-state index in [4.69, 9.17) is 46.1 Å². The topological polar surface area (TPSA) is 221 Å². The quantitative estimate of drug-likeness (QED) is 0.0197. The van der Waals surface area contributed by atoms with Crippen LogP contribution in [0.1, 0.15) is 413 Å². The molecule has 0 aromatic heterocycles. The molecule has 1 N–H and O–H groups in total. The number of aliphatic hydroxyl groups is 1. The van der Waals surface area contributed by atoms with E-state index in [2.05, 4.69) is 197 Å². The van der Waals surface area contributed by atoms with E-state index in [1.807, 2.05) is 24.3 Å². The first-order valence-electron chi connectivity index (χ1n) is 52.1. The summed E-state index contributed by atoms with van der Waals surface area (Å²) in [5, 5.41) is 11.6. The minimum Gasteiger partial charge on any atom is -0.466 e. The number of hydrogen-bond acceptors (Lipinski definition) is 19. The van der Waals surface area contributed by atoms with Gasteiger partial charge in [0, 0.05) is 51.9 Å². The van der Waals surface area contributed by atoms with E-state index in [1.165, 1.54) is 84.0 Å². The fourth-order valence-electron chi connectivity index (χ4n) is 14.4. The van der Waals surface area contributed by atoms with Gasteiger partial charge >= 0.3 is 35.8 Å². The van der Waals surface area contributed by atoms with E-state index >= 15 is 0 Å². The maximum atomic E-state index is 13.7. The summed E-state index contributed by atoms with van der Waals surface area (Å²) in [5.74, 6) is -1.83. The molecule has 23 heteroatoms. The summed E-state index contributed by atoms with van der Waals surface area (Å²) in [6, 6.07) is 0. The van der Waals surface area contributed by atoms with Crippen LogP contribution in [0.3, 0.4) is 0 Å². The summed E-state index contributed by atoms with van der Waals surface area (Å²) >= 11 is 0. The molecule has 4 unspecified atom stereocenters. The van der Waals surface area contributed by atoms with E-state index in [9.17, 15) is 33.9 Å². The Labute approximate surface area is 797 Å². The predicted octanol–water partition coefficient (Wildman–Crippen LogP) is 28.4. The molecule has 0 bridgehead atoms. The zero-order chi connectivity index (χ0) is 97.2. The van der Waals surface area contributed by atoms with Gasteiger partial charge in [-0.25, -0.2) is 0 Å². The number of esters is 6. The molecule has 756 valence electrons. The van der Waals surface area contributed by atoms with Crippen molar-refractivity contribution in [3.63, 3.8) is 0 Å². The Bertz CT molecular complexity index is 2640. The van der Waals surface area contributed by atoms with Crippen LogP contribution in [-0.4, -0.2) is 193 Å². The molecule has 0 heterocycles. The summed E-state index contributed by atoms with van der Waals surface area (Å²) in [6.07, 6.45) is 56.1. The SMILES string of the molecule is CCCCCC/C=C\COC(=O)CCCCCC(CN(CCCCOC(=O)CC(C)(O)CC(=O)OCCCCN(CC(CCCCCC(=O)OC/C=C\CCCCCC)O[Si](C)(C)C(C)(C)C)CC(CCCCCC(=O)OC/C=C\CCCCCC)O[Si](C)(C)C(C)(C)C)CC(CCCCCC(=O)OC/C=C\CCCCCC)O[Si](C)(C)C(C)(C)C)O[Si](C)(C)C(C)(C)C. The second-order valence-corrected chi connectivity index (χ2v) is 62.7. The van der Waals surface area contributed by atoms with Crippen molar-refractivity contribution in [1.29, 1.82) is 0 Å². The third-order valence-electron chi connectivity index (χ3n) is 26.8. The van der Waals surface area contributed by atoms with Crippen molar-refractivity contribution >= 4 is 69.1 Å². The third-order valence-corrected chi connectivity index (χ3v) is 44.9. The van der Waals surface area contributed by atoms with Gasteiger partial charge in [-0.1, -0.05) is 288 Å². The van der Waals surface area contributed by atoms with Gasteiger partial charge in [0.05, 0.1) is 56.1 Å². The number of rotatable bonds is 82. The van der Waals surface area contributed by atoms with Gasteiger partial charge in [-0.05, 0) is 221 Å². The summed E-state index contributed by atoms with van der Waals surface area (Å²) in [5.41, 5.74) is -1.71. The molecule has 0 aliphatic carbocycles. The minimum absolute atomic E-state index is 0.0315. The van der Waals surface area contributed by atoms with Crippen molar-refractivity contribution in [2.45, 2.75) is 516 Å². The Hall–Kier alpha value is -3.63. The van der Waals surface area contributed by atoms with Gasteiger partial charge in [-0.3, -0.25) is 38.6 Å². The Morgan fingerprint density at radius 2 is 0.488 bits per heavy atom. The van der Waals surface area contributed by atoms with Crippen LogP contribution >= 0.6 is 0 Å². The van der Waals surface area contributed by atoms with Crippen molar-refractivity contribution in [2.24, 2.45) is 0 Å². The summed E-state index contributed by atoms with van der Waals surface area (Å²) in [4.78, 5) is 83.9. The van der Waals surface area contributed by atoms with Crippen molar-refractivity contribution < 1.29 is 80.0 Å². The molecule has 4 atom stereocenters. The lowest BCUT2D eigenvalue weighted by molar-refractivity contribution is -0.155. The maximum Gasteiger partial charge on any atom is 0.308 e. The average molecular weight is 1890 g/mol. The van der Waals surface area contributed by atoms with Gasteiger partial charge in [0.2, 0.25) is 0 Å². The van der Waals surface area contributed by atoms with Gasteiger partial charge in [0.15, 0.2) is 33.3 Å². The molecule has 0 aliphatic heterocycles. The molecule has 0 aliphatic rings. The first-order valence-corrected chi connectivity index (χ1v) is 63.7. The van der Waals surface area contributed by atoms with Crippen LogP contribution in [0, 0.1) is 0 Å². The van der Waals surface area contributed by atoms with E-state index in [0.29, 0.717) is 117 Å². The van der Waals surface area contributed by atoms with Gasteiger partial charge in [-0.2, -0.15) is 0 Å². The van der Waals surface area contributed by atoms with Gasteiger partial charge in [-0.15, -0.1) is 0 Å². The zero-order valence-corrected chi connectivity index (χ0v) is 92.3. The smallest absolute Gasteiger partial charge is 0.308 e. The predicted molar refractivity (Wildman–Crippen MR) is 549 cm³/mol. The number of allylic oxidation sites excluding steroid dienone is 4. The molecular weight excluding hydrogens is 1690 g/mol. The number of nitrogens with zero attached hydrogens (tertiary/aromatic N) is 2. The van der Waals surface area contributed by atoms with Crippen molar-refractivity contribution in [1.82, 2.24) is 9.80 Å². The number of carbonyl (C=O) groups is 6. The lowest BCUT2D eigenvalue weighted by Gasteiger charge is -2.42. The highest BCUT2D eigenvalue weighted by molar-refractivity contribution is 6.75. The van der Waals surface area contributed by atoms with Gasteiger partial charge in [0.1, 0.15) is 26.4 Å². The second-order valence-electron chi connectivity index (χ2n) is 43.6. The fourth-order valence-corrected chi connectivity index (χ4v) is 20.0. The van der Waals surface area contributed by atoms with Crippen molar-refractivity contribution in [3.05, 3.63) is 48.6 Å². The monoisotopic (exact) mass is 1890 g/mol. The Kier molecular flexibility index (Phi) is 69.8. The van der Waals surface area contributed by atoms with Crippen LogP contribution in [0.25, 0.3) is 0 Å². The molecule has 0 fully saturated rings. The van der Waals surface area contributed by atoms with Crippen LogP contribution < -0.4 is 0 Å². The van der Waals surface area contributed by atoms with E-state index in [1.54, 1.807) is 0 Å². The number of ether oxygens (including phenoxy) is 6. The van der Waals surface area contributed by atoms with Crippen LogP contribution in [0.4, 0.5) is 0 Å². The molecular formula is C106H204N2O17Si4. The highest BCUT2D eigenvalue weighted by atomic mass is 28.4. The third kappa shape index (κ3) is 67.3. The summed E-state index contributed by atoms with van der Waals surface area (Å²) in [7, 11) is -9.11. The molecule has 19 nitrogen and oxygen atoms in total. The van der Waals surface area contributed by atoms with E-state index in [0.717, 1.165) is 154 Å². The largest absolute Gasteiger partial charge is 0.466 e. The second kappa shape index (κ2) is 71.8. The molecule has 0 saturated heterocycles.